The molecule has 0 unspecified atom stereocenters. The summed E-state index contributed by atoms with van der Waals surface area (Å²) in [6.07, 6.45) is 2.22. The number of amides is 4. The minimum atomic E-state index is -1.36. The Morgan fingerprint density at radius 3 is 2.54 bits per heavy atom. The lowest BCUT2D eigenvalue weighted by molar-refractivity contribution is -0.384. The van der Waals surface area contributed by atoms with Crippen LogP contribution in [0.2, 0.25) is 5.02 Å². The van der Waals surface area contributed by atoms with Gasteiger partial charge in [0.1, 0.15) is 11.5 Å². The van der Waals surface area contributed by atoms with Crippen LogP contribution >= 0.6 is 45.5 Å². The van der Waals surface area contributed by atoms with E-state index in [-0.39, 0.29) is 35.7 Å². The van der Waals surface area contributed by atoms with Gasteiger partial charge in [0.2, 0.25) is 23.6 Å². The van der Waals surface area contributed by atoms with Gasteiger partial charge in [0, 0.05) is 40.9 Å². The summed E-state index contributed by atoms with van der Waals surface area (Å²) in [6.45, 7) is 3.77. The quantitative estimate of drug-likeness (QED) is 0.0586. The maximum Gasteiger partial charge on any atom is 0.271 e. The van der Waals surface area contributed by atoms with E-state index in [9.17, 15) is 29.6 Å². The van der Waals surface area contributed by atoms with Crippen molar-refractivity contribution in [1.82, 2.24) is 9.78 Å². The van der Waals surface area contributed by atoms with E-state index in [0.29, 0.717) is 25.7 Å². The molecule has 290 valence electrons. The van der Waals surface area contributed by atoms with Gasteiger partial charge in [0.25, 0.3) is 5.69 Å². The molecule has 9 rings (SSSR count). The number of fused-ring (bicyclic) bond motifs is 5. The average Bonchev–Trinajstić information content (AvgIpc) is 3.85. The number of allylic oxidation sites excluding steroid dienone is 2. The predicted octanol–water partition coefficient (Wildman–Crippen LogP) is 7.93. The summed E-state index contributed by atoms with van der Waals surface area (Å²) < 4.78 is 8.57. The van der Waals surface area contributed by atoms with Gasteiger partial charge in [-0.25, -0.2) is 9.80 Å². The number of halogens is 2. The van der Waals surface area contributed by atoms with Crippen LogP contribution in [0.5, 0.6) is 11.5 Å². The van der Waals surface area contributed by atoms with Gasteiger partial charge in [-0.2, -0.15) is 5.10 Å². The first kappa shape index (κ1) is 37.4. The molecule has 3 aromatic carbocycles. The fourth-order valence-electron chi connectivity index (χ4n) is 9.75. The molecule has 4 heterocycles. The third-order valence-electron chi connectivity index (χ3n) is 12.4. The van der Waals surface area contributed by atoms with Crippen LogP contribution < -0.4 is 14.5 Å². The number of hydrogen-bond donors (Lipinski definition) is 1. The van der Waals surface area contributed by atoms with Gasteiger partial charge < -0.3 is 9.84 Å². The molecular weight excluding hydrogens is 885 g/mol. The van der Waals surface area contributed by atoms with Crippen LogP contribution in [0.25, 0.3) is 20.7 Å². The first-order chi connectivity index (χ1) is 27.1. The second-order valence-electron chi connectivity index (χ2n) is 15.2. The van der Waals surface area contributed by atoms with Crippen LogP contribution in [-0.4, -0.2) is 50.5 Å². The van der Waals surface area contributed by atoms with Crippen molar-refractivity contribution in [3.63, 3.8) is 0 Å². The molecule has 1 N–H and O–H groups in total. The number of hydrogen-bond acceptors (Lipinski definition) is 10. The number of nitrogens with zero attached hydrogens (tertiary/aromatic N) is 5. The van der Waals surface area contributed by atoms with Crippen molar-refractivity contribution in [1.29, 1.82) is 0 Å². The Morgan fingerprint density at radius 1 is 1.04 bits per heavy atom. The number of imide groups is 2. The van der Waals surface area contributed by atoms with Crippen molar-refractivity contribution < 1.29 is 33.9 Å². The van der Waals surface area contributed by atoms with Gasteiger partial charge in [-0.1, -0.05) is 29.3 Å². The van der Waals surface area contributed by atoms with Crippen molar-refractivity contribution in [2.75, 3.05) is 16.9 Å². The minimum absolute atomic E-state index is 0.0746. The van der Waals surface area contributed by atoms with E-state index in [0.717, 1.165) is 31.0 Å². The van der Waals surface area contributed by atoms with Crippen molar-refractivity contribution >= 4 is 96.4 Å². The molecule has 6 atom stereocenters. The molecule has 4 amide bonds. The molecule has 57 heavy (non-hydrogen) atoms. The zero-order valence-electron chi connectivity index (χ0n) is 30.9. The average molecular weight is 918 g/mol. The Bertz CT molecular complexity index is 2690. The molecule has 3 fully saturated rings. The highest BCUT2D eigenvalue weighted by atomic mass is 127. The number of aromatic nitrogens is 2. The molecule has 1 saturated carbocycles. The summed E-state index contributed by atoms with van der Waals surface area (Å²) in [6, 6.07) is 16.3. The second-order valence-corrected chi connectivity index (χ2v) is 17.9. The first-order valence-corrected chi connectivity index (χ1v) is 20.4. The van der Waals surface area contributed by atoms with E-state index < -0.39 is 63.6 Å². The van der Waals surface area contributed by atoms with E-state index in [2.05, 4.69) is 0 Å². The van der Waals surface area contributed by atoms with E-state index in [1.807, 2.05) is 53.8 Å². The van der Waals surface area contributed by atoms with Crippen molar-refractivity contribution in [2.24, 2.45) is 36.1 Å². The van der Waals surface area contributed by atoms with Gasteiger partial charge in [-0.3, -0.25) is 34.0 Å². The number of ether oxygens (including phenoxy) is 1. The summed E-state index contributed by atoms with van der Waals surface area (Å²) >= 11 is 9.85. The van der Waals surface area contributed by atoms with Crippen LogP contribution in [0.1, 0.15) is 36.8 Å². The number of carbonyl (C=O) groups is 4. The van der Waals surface area contributed by atoms with Gasteiger partial charge in [0.15, 0.2) is 11.5 Å². The van der Waals surface area contributed by atoms with Gasteiger partial charge >= 0.3 is 0 Å². The number of thiophene rings is 1. The zero-order chi connectivity index (χ0) is 40.4. The standard InChI is InChI=1S/C41H33ClIN5O8S/c1-18-25-14-20(42)8-11-31(25)57-36(18)29-17-32(45(3)44-29)47-38(51)27-16-26-23(34(41(27,2)40(47)53)19-12-28(43)35(49)30(13-19)56-4)9-10-24-33(26)39(52)46(37(24)50)21-6-5-7-22(15-21)48(54)55/h5-9,11-15,17,24,26-27,33-34,49H,10,16H2,1-4H3/t24-,26+,27-,33-,34-,41+/m0/s1. The van der Waals surface area contributed by atoms with E-state index in [1.54, 1.807) is 32.2 Å². The van der Waals surface area contributed by atoms with Crippen LogP contribution in [0, 0.1) is 49.7 Å². The molecule has 0 radical (unpaired) electrons. The largest absolute Gasteiger partial charge is 0.504 e. The number of anilines is 2. The Balaban J connectivity index is 1.17. The SMILES string of the molecule is COc1cc([C@H]2C3=CC[C@@H]4C(=O)N(c5cccc([N+](=O)[O-])c5)C(=O)[C@@H]4[C@@H]3C[C@H]3C(=O)N(c4cc(-c5sc6ccc(Cl)cc6c5C)nn4C)C(=O)[C@@]23C)cc(I)c1O. The molecule has 2 aromatic heterocycles. The third kappa shape index (κ3) is 5.34. The number of non-ortho nitro benzene ring substituents is 1. The number of phenolic OH excluding ortho intramolecular Hbond substituents is 1. The highest BCUT2D eigenvalue weighted by Gasteiger charge is 2.68. The minimum Gasteiger partial charge on any atom is -0.504 e. The summed E-state index contributed by atoms with van der Waals surface area (Å²) in [5, 5.41) is 28.9. The molecule has 5 aromatic rings. The van der Waals surface area contributed by atoms with Gasteiger partial charge in [-0.05, 0) is 108 Å². The van der Waals surface area contributed by atoms with E-state index in [4.69, 9.17) is 21.4 Å². The topological polar surface area (TPSA) is 165 Å². The van der Waals surface area contributed by atoms with Crippen LogP contribution in [0.3, 0.4) is 0 Å². The maximum absolute atomic E-state index is 15.2. The van der Waals surface area contributed by atoms with E-state index >= 15 is 4.79 Å². The molecule has 2 aliphatic carbocycles. The number of benzene rings is 3. The Morgan fingerprint density at radius 2 is 1.81 bits per heavy atom. The molecule has 0 bridgehead atoms. The molecule has 2 aliphatic heterocycles. The second kappa shape index (κ2) is 13.2. The number of rotatable bonds is 6. The molecule has 0 spiro atoms. The Kier molecular flexibility index (Phi) is 8.68. The van der Waals surface area contributed by atoms with E-state index in [1.165, 1.54) is 52.3 Å². The van der Waals surface area contributed by atoms with Gasteiger partial charge in [0.05, 0.1) is 49.3 Å². The number of methoxy groups -OCH3 is 1. The number of nitro benzene ring substituents is 1. The number of carbonyl (C=O) groups excluding carboxylic acids is 4. The first-order valence-electron chi connectivity index (χ1n) is 18.2. The van der Waals surface area contributed by atoms with Crippen molar-refractivity contribution in [3.05, 3.63) is 102 Å². The highest BCUT2D eigenvalue weighted by Crippen LogP contribution is 2.64. The van der Waals surface area contributed by atoms with Gasteiger partial charge in [-0.15, -0.1) is 11.3 Å². The van der Waals surface area contributed by atoms with Crippen LogP contribution in [-0.2, 0) is 26.2 Å². The van der Waals surface area contributed by atoms with Crippen LogP contribution in [0.4, 0.5) is 17.2 Å². The molecular formula is C41H33ClIN5O8S. The molecule has 16 heteroatoms. The summed E-state index contributed by atoms with van der Waals surface area (Å²) in [5.74, 6) is -5.43. The fraction of sp³-hybridized carbons (Fsp3) is 0.293. The van der Waals surface area contributed by atoms with Crippen molar-refractivity contribution in [2.45, 2.75) is 32.6 Å². The highest BCUT2D eigenvalue weighted by molar-refractivity contribution is 14.1. The third-order valence-corrected chi connectivity index (χ3v) is 14.7. The number of phenols is 1. The smallest absolute Gasteiger partial charge is 0.271 e. The lowest BCUT2D eigenvalue weighted by Crippen LogP contribution is -2.49. The summed E-state index contributed by atoms with van der Waals surface area (Å²) in [7, 11) is 3.11. The predicted molar refractivity (Wildman–Crippen MR) is 221 cm³/mol. The monoisotopic (exact) mass is 917 g/mol. The molecule has 2 saturated heterocycles. The Hall–Kier alpha value is -5.13. The lowest BCUT2D eigenvalue weighted by atomic mass is 9.51. The normalized spacial score (nSPS) is 25.5. The summed E-state index contributed by atoms with van der Waals surface area (Å²) in [5.41, 5.74) is 1.40. The number of aromatic hydroxyl groups is 1. The summed E-state index contributed by atoms with van der Waals surface area (Å²) in [4.78, 5) is 72.9. The fourth-order valence-corrected chi connectivity index (χ4v) is 11.7. The Labute approximate surface area is 348 Å². The number of nitro groups is 1. The molecule has 4 aliphatic rings. The lowest BCUT2D eigenvalue weighted by Gasteiger charge is -2.49. The zero-order valence-corrected chi connectivity index (χ0v) is 34.6. The maximum atomic E-state index is 15.2. The van der Waals surface area contributed by atoms with Crippen LogP contribution in [0.15, 0.2) is 72.3 Å². The molecule has 13 nitrogen and oxygen atoms in total. The van der Waals surface area contributed by atoms with Crippen molar-refractivity contribution in [3.8, 4) is 22.1 Å². The number of aryl methyl sites for hydroxylation is 2.